The van der Waals surface area contributed by atoms with Gasteiger partial charge >= 0.3 is 0 Å². The van der Waals surface area contributed by atoms with Crippen molar-refractivity contribution in [2.45, 2.75) is 0 Å². The van der Waals surface area contributed by atoms with Crippen LogP contribution in [-0.2, 0) is 0 Å². The van der Waals surface area contributed by atoms with E-state index in [1.165, 1.54) is 65.3 Å². The van der Waals surface area contributed by atoms with E-state index in [1.807, 2.05) is 12.1 Å². The molecule has 2 heteroatoms. The first-order chi connectivity index (χ1) is 26.8. The molecule has 0 saturated heterocycles. The smallest absolute Gasteiger partial charge is 0.136 e. The highest BCUT2D eigenvalue weighted by molar-refractivity contribution is 6.25. The van der Waals surface area contributed by atoms with Gasteiger partial charge in [0.1, 0.15) is 22.3 Å². The van der Waals surface area contributed by atoms with Crippen molar-refractivity contribution in [2.24, 2.45) is 0 Å². The third-order valence-corrected chi connectivity index (χ3v) is 11.4. The lowest BCUT2D eigenvalue weighted by Crippen LogP contribution is -1.91. The van der Waals surface area contributed by atoms with Crippen LogP contribution in [0.4, 0.5) is 0 Å². The van der Waals surface area contributed by atoms with Crippen molar-refractivity contribution in [1.82, 2.24) is 0 Å². The fourth-order valence-electron chi connectivity index (χ4n) is 9.02. The van der Waals surface area contributed by atoms with Crippen LogP contribution < -0.4 is 0 Å². The number of hydrogen-bond acceptors (Lipinski definition) is 2. The molecule has 0 fully saturated rings. The second-order valence-corrected chi connectivity index (χ2v) is 14.4. The predicted octanol–water partition coefficient (Wildman–Crippen LogP) is 15.1. The van der Waals surface area contributed by atoms with Crippen molar-refractivity contribution in [1.29, 1.82) is 0 Å². The summed E-state index contributed by atoms with van der Waals surface area (Å²) in [6.45, 7) is 0. The molecule has 0 bridgehead atoms. The summed E-state index contributed by atoms with van der Waals surface area (Å²) in [6.07, 6.45) is 0. The molecule has 0 aliphatic heterocycles. The lowest BCUT2D eigenvalue weighted by atomic mass is 9.85. The number of furan rings is 2. The van der Waals surface area contributed by atoms with Gasteiger partial charge in [0, 0.05) is 21.5 Å². The molecule has 0 radical (unpaired) electrons. The van der Waals surface area contributed by atoms with Gasteiger partial charge in [-0.2, -0.15) is 0 Å². The van der Waals surface area contributed by atoms with Crippen molar-refractivity contribution in [2.75, 3.05) is 0 Å². The Morgan fingerprint density at radius 3 is 1.46 bits per heavy atom. The van der Waals surface area contributed by atoms with E-state index in [-0.39, 0.29) is 0 Å². The molecule has 0 aliphatic carbocycles. The zero-order valence-corrected chi connectivity index (χ0v) is 29.1. The molecule has 12 aromatic rings. The zero-order valence-electron chi connectivity index (χ0n) is 29.1. The minimum absolute atomic E-state index is 0.883. The number of para-hydroxylation sites is 1. The Morgan fingerprint density at radius 2 is 0.741 bits per heavy atom. The monoisotopic (exact) mass is 686 g/mol. The van der Waals surface area contributed by atoms with E-state index in [2.05, 4.69) is 170 Å². The minimum Gasteiger partial charge on any atom is -0.456 e. The molecule has 54 heavy (non-hydrogen) atoms. The van der Waals surface area contributed by atoms with Crippen LogP contribution in [0.5, 0.6) is 0 Å². The van der Waals surface area contributed by atoms with E-state index in [1.54, 1.807) is 0 Å². The standard InChI is InChI=1S/C52H30O2/c1-2-12-32-27-34(22-21-31(32)11-1)50-39-16-5-7-18-41(39)51(42-19-8-6-17-40(42)50)35-24-26-48-45(29-35)52-38-15-4-3-13-36(38)43(30-49(52)54-48)33-23-25-47-44(28-33)37-14-9-10-20-46(37)53-47/h1-30H. The highest BCUT2D eigenvalue weighted by Crippen LogP contribution is 2.47. The summed E-state index contributed by atoms with van der Waals surface area (Å²) in [7, 11) is 0. The van der Waals surface area contributed by atoms with Crippen LogP contribution in [0.15, 0.2) is 191 Å². The van der Waals surface area contributed by atoms with Crippen LogP contribution in [0.2, 0.25) is 0 Å². The Kier molecular flexibility index (Phi) is 6.09. The first-order valence-corrected chi connectivity index (χ1v) is 18.5. The lowest BCUT2D eigenvalue weighted by Gasteiger charge is -2.18. The summed E-state index contributed by atoms with van der Waals surface area (Å²) in [4.78, 5) is 0. The van der Waals surface area contributed by atoms with Crippen LogP contribution in [0.25, 0.3) is 120 Å². The average Bonchev–Trinajstić information content (AvgIpc) is 3.80. The van der Waals surface area contributed by atoms with Gasteiger partial charge in [-0.25, -0.2) is 0 Å². The molecule has 2 aromatic heterocycles. The van der Waals surface area contributed by atoms with Crippen molar-refractivity contribution >= 4 is 87.0 Å². The van der Waals surface area contributed by atoms with Gasteiger partial charge in [0.05, 0.1) is 0 Å². The summed E-state index contributed by atoms with van der Waals surface area (Å²) >= 11 is 0. The van der Waals surface area contributed by atoms with Gasteiger partial charge in [0.2, 0.25) is 0 Å². The Hall–Kier alpha value is -7.16. The third kappa shape index (κ3) is 4.22. The van der Waals surface area contributed by atoms with Crippen LogP contribution >= 0.6 is 0 Å². The van der Waals surface area contributed by atoms with Crippen molar-refractivity contribution < 1.29 is 8.83 Å². The highest BCUT2D eigenvalue weighted by Gasteiger charge is 2.20. The van der Waals surface area contributed by atoms with E-state index in [4.69, 9.17) is 8.83 Å². The summed E-state index contributed by atoms with van der Waals surface area (Å²) in [5, 5.41) is 14.3. The number of fused-ring (bicyclic) bond motifs is 11. The van der Waals surface area contributed by atoms with Crippen molar-refractivity contribution in [3.05, 3.63) is 182 Å². The molecule has 0 amide bonds. The highest BCUT2D eigenvalue weighted by atomic mass is 16.3. The molecule has 0 aliphatic rings. The normalized spacial score (nSPS) is 12.1. The lowest BCUT2D eigenvalue weighted by molar-refractivity contribution is 0.669. The fraction of sp³-hybridized carbons (Fsp3) is 0. The van der Waals surface area contributed by atoms with E-state index in [0.717, 1.165) is 55.0 Å². The van der Waals surface area contributed by atoms with Gasteiger partial charge in [0.15, 0.2) is 0 Å². The molecule has 0 unspecified atom stereocenters. The Morgan fingerprint density at radius 1 is 0.259 bits per heavy atom. The molecule has 0 saturated carbocycles. The second-order valence-electron chi connectivity index (χ2n) is 14.4. The Bertz CT molecular complexity index is 3450. The van der Waals surface area contributed by atoms with Gasteiger partial charge in [-0.3, -0.25) is 0 Å². The van der Waals surface area contributed by atoms with Crippen molar-refractivity contribution in [3.8, 4) is 33.4 Å². The van der Waals surface area contributed by atoms with E-state index < -0.39 is 0 Å². The maximum atomic E-state index is 6.72. The summed E-state index contributed by atoms with van der Waals surface area (Å²) < 4.78 is 12.9. The first kappa shape index (κ1) is 29.4. The molecule has 2 nitrogen and oxygen atoms in total. The van der Waals surface area contributed by atoms with Gasteiger partial charge < -0.3 is 8.83 Å². The summed E-state index contributed by atoms with van der Waals surface area (Å²) in [5.74, 6) is 0. The van der Waals surface area contributed by atoms with Gasteiger partial charge in [0.25, 0.3) is 0 Å². The van der Waals surface area contributed by atoms with Gasteiger partial charge in [-0.1, -0.05) is 140 Å². The number of benzene rings is 10. The quantitative estimate of drug-likeness (QED) is 0.173. The Balaban J connectivity index is 1.10. The van der Waals surface area contributed by atoms with Gasteiger partial charge in [-0.15, -0.1) is 0 Å². The maximum absolute atomic E-state index is 6.72. The molecule has 0 N–H and O–H groups in total. The molecule has 0 atom stereocenters. The van der Waals surface area contributed by atoms with Gasteiger partial charge in [-0.05, 0) is 119 Å². The van der Waals surface area contributed by atoms with Crippen molar-refractivity contribution in [3.63, 3.8) is 0 Å². The molecule has 12 rings (SSSR count). The summed E-state index contributed by atoms with van der Waals surface area (Å²) in [6, 6.07) is 65.7. The molecule has 0 spiro atoms. The number of hydrogen-bond donors (Lipinski definition) is 0. The Labute approximate surface area is 310 Å². The third-order valence-electron chi connectivity index (χ3n) is 11.4. The van der Waals surface area contributed by atoms with Crippen LogP contribution in [0.3, 0.4) is 0 Å². The zero-order chi connectivity index (χ0) is 35.3. The van der Waals surface area contributed by atoms with E-state index in [0.29, 0.717) is 0 Å². The van der Waals surface area contributed by atoms with E-state index in [9.17, 15) is 0 Å². The predicted molar refractivity (Wildman–Crippen MR) is 227 cm³/mol. The second kappa shape index (κ2) is 11.2. The molecule has 10 aromatic carbocycles. The molecule has 2 heterocycles. The van der Waals surface area contributed by atoms with Crippen LogP contribution in [0.1, 0.15) is 0 Å². The van der Waals surface area contributed by atoms with E-state index >= 15 is 0 Å². The number of rotatable bonds is 3. The minimum atomic E-state index is 0.883. The fourth-order valence-corrected chi connectivity index (χ4v) is 9.02. The average molecular weight is 687 g/mol. The maximum Gasteiger partial charge on any atom is 0.136 e. The van der Waals surface area contributed by atoms with Crippen LogP contribution in [0, 0.1) is 0 Å². The first-order valence-electron chi connectivity index (χ1n) is 18.5. The molecular formula is C52H30O2. The van der Waals surface area contributed by atoms with Crippen LogP contribution in [-0.4, -0.2) is 0 Å². The molecular weight excluding hydrogens is 657 g/mol. The topological polar surface area (TPSA) is 26.3 Å². The largest absolute Gasteiger partial charge is 0.456 e. The summed E-state index contributed by atoms with van der Waals surface area (Å²) in [5.41, 5.74) is 10.8. The SMILES string of the molecule is c1ccc2cc(-c3c4ccccc4c(-c4ccc5oc6cc(-c7ccc8oc9ccccc9c8c7)c7ccccc7c6c5c4)c4ccccc34)ccc2c1. The molecule has 250 valence electrons.